The van der Waals surface area contributed by atoms with Crippen LogP contribution in [0.15, 0.2) is 18.2 Å². The Kier molecular flexibility index (Phi) is 4.32. The fourth-order valence-corrected chi connectivity index (χ4v) is 1.40. The third kappa shape index (κ3) is 3.21. The third-order valence-corrected chi connectivity index (χ3v) is 3.04. The summed E-state index contributed by atoms with van der Waals surface area (Å²) in [7, 11) is 0. The largest absolute Gasteiger partial charge is 0.478 e. The summed E-state index contributed by atoms with van der Waals surface area (Å²) in [6.45, 7) is 3.40. The standard InChI is InChI=1S/C12H15ClN2O3/c1-3-12(2,14)11(18)15-7-4-5-9(13)8(6-7)10(16)17/h4-6H,3,14H2,1-2H3,(H,15,18)(H,16,17). The molecule has 0 aliphatic heterocycles. The van der Waals surface area contributed by atoms with E-state index in [1.807, 2.05) is 0 Å². The molecule has 1 unspecified atom stereocenters. The van der Waals surface area contributed by atoms with Crippen LogP contribution in [0.3, 0.4) is 0 Å². The summed E-state index contributed by atoms with van der Waals surface area (Å²) in [5, 5.41) is 11.6. The number of carboxylic acid groups (broad SMARTS) is 1. The summed E-state index contributed by atoms with van der Waals surface area (Å²) >= 11 is 5.73. The van der Waals surface area contributed by atoms with Crippen LogP contribution in [-0.2, 0) is 4.79 Å². The van der Waals surface area contributed by atoms with Gasteiger partial charge in [0.25, 0.3) is 0 Å². The van der Waals surface area contributed by atoms with Crippen LogP contribution in [0.5, 0.6) is 0 Å². The molecule has 1 aromatic rings. The van der Waals surface area contributed by atoms with Crippen LogP contribution in [0.25, 0.3) is 0 Å². The van der Waals surface area contributed by atoms with E-state index in [0.29, 0.717) is 12.1 Å². The van der Waals surface area contributed by atoms with Crippen LogP contribution in [0.1, 0.15) is 30.6 Å². The molecule has 6 heteroatoms. The zero-order valence-electron chi connectivity index (χ0n) is 10.2. The number of carboxylic acids is 1. The smallest absolute Gasteiger partial charge is 0.337 e. The average Bonchev–Trinajstić information content (AvgIpc) is 2.31. The molecule has 1 amide bonds. The highest BCUT2D eigenvalue weighted by atomic mass is 35.5. The van der Waals surface area contributed by atoms with Gasteiger partial charge >= 0.3 is 5.97 Å². The number of halogens is 1. The topological polar surface area (TPSA) is 92.4 Å². The lowest BCUT2D eigenvalue weighted by atomic mass is 9.99. The molecule has 0 saturated carbocycles. The molecule has 1 rings (SSSR count). The number of hydrogen-bond acceptors (Lipinski definition) is 3. The predicted octanol–water partition coefficient (Wildman–Crippen LogP) is 2.10. The molecular formula is C12H15ClN2O3. The second kappa shape index (κ2) is 5.37. The highest BCUT2D eigenvalue weighted by Gasteiger charge is 2.26. The van der Waals surface area contributed by atoms with Gasteiger partial charge in [0, 0.05) is 5.69 Å². The number of benzene rings is 1. The van der Waals surface area contributed by atoms with Gasteiger partial charge in [0.15, 0.2) is 0 Å². The van der Waals surface area contributed by atoms with Gasteiger partial charge in [-0.1, -0.05) is 18.5 Å². The molecule has 0 aliphatic rings. The molecule has 0 saturated heterocycles. The van der Waals surface area contributed by atoms with Gasteiger partial charge < -0.3 is 16.2 Å². The van der Waals surface area contributed by atoms with Crippen molar-refractivity contribution in [3.8, 4) is 0 Å². The Hall–Kier alpha value is -1.59. The summed E-state index contributed by atoms with van der Waals surface area (Å²) in [6.07, 6.45) is 0.470. The van der Waals surface area contributed by atoms with Crippen molar-refractivity contribution in [2.75, 3.05) is 5.32 Å². The Morgan fingerprint density at radius 2 is 2.11 bits per heavy atom. The summed E-state index contributed by atoms with van der Waals surface area (Å²) in [5.74, 6) is -1.52. The molecular weight excluding hydrogens is 256 g/mol. The summed E-state index contributed by atoms with van der Waals surface area (Å²) in [6, 6.07) is 4.24. The van der Waals surface area contributed by atoms with E-state index in [9.17, 15) is 9.59 Å². The fraction of sp³-hybridized carbons (Fsp3) is 0.333. The van der Waals surface area contributed by atoms with Gasteiger partial charge in [0.05, 0.1) is 16.1 Å². The Bertz CT molecular complexity index is 486. The number of carbonyl (C=O) groups is 2. The van der Waals surface area contributed by atoms with Crippen LogP contribution in [0.4, 0.5) is 5.69 Å². The molecule has 18 heavy (non-hydrogen) atoms. The molecule has 5 nitrogen and oxygen atoms in total. The highest BCUT2D eigenvalue weighted by molar-refractivity contribution is 6.33. The number of nitrogens with one attached hydrogen (secondary N) is 1. The van der Waals surface area contributed by atoms with E-state index in [-0.39, 0.29) is 16.5 Å². The first-order valence-corrected chi connectivity index (χ1v) is 5.79. The van der Waals surface area contributed by atoms with Gasteiger partial charge in [-0.05, 0) is 31.5 Å². The van der Waals surface area contributed by atoms with E-state index in [4.69, 9.17) is 22.4 Å². The number of rotatable bonds is 4. The SMILES string of the molecule is CCC(C)(N)C(=O)Nc1ccc(Cl)c(C(=O)O)c1. The monoisotopic (exact) mass is 270 g/mol. The average molecular weight is 271 g/mol. The molecule has 0 spiro atoms. The minimum atomic E-state index is -1.15. The van der Waals surface area contributed by atoms with E-state index >= 15 is 0 Å². The summed E-state index contributed by atoms with van der Waals surface area (Å²) < 4.78 is 0. The van der Waals surface area contributed by atoms with E-state index in [1.165, 1.54) is 18.2 Å². The number of aromatic carboxylic acids is 1. The Morgan fingerprint density at radius 1 is 1.50 bits per heavy atom. The molecule has 0 aliphatic carbocycles. The van der Waals surface area contributed by atoms with Gasteiger partial charge in [-0.3, -0.25) is 4.79 Å². The van der Waals surface area contributed by atoms with Crippen molar-refractivity contribution in [1.29, 1.82) is 0 Å². The van der Waals surface area contributed by atoms with Gasteiger partial charge in [0.1, 0.15) is 0 Å². The van der Waals surface area contributed by atoms with E-state index in [0.717, 1.165) is 0 Å². The maximum Gasteiger partial charge on any atom is 0.337 e. The number of hydrogen-bond donors (Lipinski definition) is 3. The van der Waals surface area contributed by atoms with Crippen molar-refractivity contribution in [3.05, 3.63) is 28.8 Å². The summed E-state index contributed by atoms with van der Waals surface area (Å²) in [4.78, 5) is 22.7. The maximum absolute atomic E-state index is 11.8. The van der Waals surface area contributed by atoms with Crippen molar-refractivity contribution >= 4 is 29.2 Å². The van der Waals surface area contributed by atoms with Gasteiger partial charge in [-0.2, -0.15) is 0 Å². The van der Waals surface area contributed by atoms with Crippen LogP contribution in [0.2, 0.25) is 5.02 Å². The third-order valence-electron chi connectivity index (χ3n) is 2.71. The lowest BCUT2D eigenvalue weighted by molar-refractivity contribution is -0.120. The van der Waals surface area contributed by atoms with E-state index in [1.54, 1.807) is 13.8 Å². The molecule has 0 fully saturated rings. The van der Waals surface area contributed by atoms with Gasteiger partial charge in [0.2, 0.25) is 5.91 Å². The molecule has 1 atom stereocenters. The first kappa shape index (κ1) is 14.5. The van der Waals surface area contributed by atoms with Gasteiger partial charge in [-0.15, -0.1) is 0 Å². The van der Waals surface area contributed by atoms with Crippen molar-refractivity contribution in [3.63, 3.8) is 0 Å². The second-order valence-corrected chi connectivity index (χ2v) is 4.63. The van der Waals surface area contributed by atoms with Crippen LogP contribution >= 0.6 is 11.6 Å². The molecule has 98 valence electrons. The van der Waals surface area contributed by atoms with Crippen LogP contribution < -0.4 is 11.1 Å². The van der Waals surface area contributed by atoms with Crippen molar-refractivity contribution in [2.24, 2.45) is 5.73 Å². The van der Waals surface area contributed by atoms with Crippen molar-refractivity contribution < 1.29 is 14.7 Å². The minimum absolute atomic E-state index is 0.0651. The molecule has 0 heterocycles. The molecule has 4 N–H and O–H groups in total. The minimum Gasteiger partial charge on any atom is -0.478 e. The normalized spacial score (nSPS) is 13.8. The molecule has 0 bridgehead atoms. The predicted molar refractivity (Wildman–Crippen MR) is 69.9 cm³/mol. The number of nitrogens with two attached hydrogens (primary N) is 1. The number of carbonyl (C=O) groups excluding carboxylic acids is 1. The zero-order valence-corrected chi connectivity index (χ0v) is 10.9. The van der Waals surface area contributed by atoms with Crippen molar-refractivity contribution in [2.45, 2.75) is 25.8 Å². The Balaban J connectivity index is 2.96. The van der Waals surface area contributed by atoms with E-state index in [2.05, 4.69) is 5.32 Å². The Labute approximate surface area is 110 Å². The van der Waals surface area contributed by atoms with Gasteiger partial charge in [-0.25, -0.2) is 4.79 Å². The quantitative estimate of drug-likeness (QED) is 0.781. The number of amides is 1. The number of anilines is 1. The Morgan fingerprint density at radius 3 is 2.61 bits per heavy atom. The van der Waals surface area contributed by atoms with E-state index < -0.39 is 11.5 Å². The lowest BCUT2D eigenvalue weighted by Crippen LogP contribution is -2.47. The van der Waals surface area contributed by atoms with Crippen molar-refractivity contribution in [1.82, 2.24) is 0 Å². The van der Waals surface area contributed by atoms with Crippen LogP contribution in [0, 0.1) is 0 Å². The fourth-order valence-electron chi connectivity index (χ4n) is 1.20. The first-order chi connectivity index (χ1) is 8.27. The van der Waals surface area contributed by atoms with Crippen LogP contribution in [-0.4, -0.2) is 22.5 Å². The second-order valence-electron chi connectivity index (χ2n) is 4.22. The maximum atomic E-state index is 11.8. The highest BCUT2D eigenvalue weighted by Crippen LogP contribution is 2.21. The zero-order chi connectivity index (χ0) is 13.9. The molecule has 1 aromatic carbocycles. The lowest BCUT2D eigenvalue weighted by Gasteiger charge is -2.21. The summed E-state index contributed by atoms with van der Waals surface area (Å²) in [5.41, 5.74) is 5.07. The first-order valence-electron chi connectivity index (χ1n) is 5.41. The molecule has 0 aromatic heterocycles. The molecule has 0 radical (unpaired) electrons.